The number of halogens is 4. The van der Waals surface area contributed by atoms with E-state index in [1.807, 2.05) is 13.8 Å². The van der Waals surface area contributed by atoms with Gasteiger partial charge in [-0.1, -0.05) is 46.0 Å². The Morgan fingerprint density at radius 3 is 1.93 bits per heavy atom. The molecule has 1 aromatic rings. The highest BCUT2D eigenvalue weighted by Crippen LogP contribution is 2.27. The number of amides is 3. The zero-order valence-electron chi connectivity index (χ0n) is 23.4. The van der Waals surface area contributed by atoms with Gasteiger partial charge in [0.05, 0.1) is 0 Å². The van der Waals surface area contributed by atoms with Gasteiger partial charge in [0.15, 0.2) is 0 Å². The van der Waals surface area contributed by atoms with Gasteiger partial charge in [0, 0.05) is 12.6 Å². The van der Waals surface area contributed by atoms with E-state index in [2.05, 4.69) is 16.0 Å². The van der Waals surface area contributed by atoms with Crippen molar-refractivity contribution in [3.63, 3.8) is 0 Å². The molecule has 2 atom stereocenters. The Balaban J connectivity index is 0.00000177. The predicted octanol–water partition coefficient (Wildman–Crippen LogP) is 4.16. The monoisotopic (exact) mass is 594 g/mol. The first-order valence-corrected chi connectivity index (χ1v) is 13.7. The fourth-order valence-corrected chi connectivity index (χ4v) is 4.12. The molecule has 7 N–H and O–H groups in total. The number of benzene rings is 1. The molecule has 0 aromatic heterocycles. The van der Waals surface area contributed by atoms with Crippen LogP contribution in [0.1, 0.15) is 77.2 Å². The van der Waals surface area contributed by atoms with Crippen molar-refractivity contribution in [2.24, 2.45) is 11.7 Å². The van der Waals surface area contributed by atoms with Crippen molar-refractivity contribution in [2.75, 3.05) is 6.54 Å². The van der Waals surface area contributed by atoms with Gasteiger partial charge in [-0.3, -0.25) is 4.79 Å². The second-order valence-corrected chi connectivity index (χ2v) is 9.22. The molecule has 1 fully saturated rings. The van der Waals surface area contributed by atoms with Gasteiger partial charge in [-0.2, -0.15) is 8.78 Å². The number of aliphatic carboxylic acids is 2. The van der Waals surface area contributed by atoms with Gasteiger partial charge in [-0.15, -0.1) is 0 Å². The lowest BCUT2D eigenvalue weighted by Crippen LogP contribution is -2.53. The molecule has 2 rings (SSSR count). The van der Waals surface area contributed by atoms with Crippen LogP contribution in [0.3, 0.4) is 0 Å². The average Bonchev–Trinajstić information content (AvgIpc) is 2.92. The maximum atomic E-state index is 13.4. The summed E-state index contributed by atoms with van der Waals surface area (Å²) in [5, 5.41) is 24.2. The molecule has 0 saturated heterocycles. The number of unbranched alkanes of at least 4 members (excludes halogenated alkanes) is 1. The zero-order chi connectivity index (χ0) is 31.4. The summed E-state index contributed by atoms with van der Waals surface area (Å²) < 4.78 is 47.9. The lowest BCUT2D eigenvalue weighted by atomic mass is 9.84. The topological polar surface area (TPSA) is 171 Å². The summed E-state index contributed by atoms with van der Waals surface area (Å²) in [7, 11) is 0. The minimum absolute atomic E-state index is 0.102. The summed E-state index contributed by atoms with van der Waals surface area (Å²) in [6.45, 7) is 4.33. The number of carbonyl (C=O) groups is 4. The normalized spacial score (nSPS) is 14.3. The molecule has 10 nitrogen and oxygen atoms in total. The number of rotatable bonds is 13. The smallest absolute Gasteiger partial charge is 0.371 e. The van der Waals surface area contributed by atoms with Gasteiger partial charge in [-0.25, -0.2) is 23.2 Å². The molecule has 0 bridgehead atoms. The maximum absolute atomic E-state index is 13.4. The summed E-state index contributed by atoms with van der Waals surface area (Å²) >= 11 is 0. The molecule has 0 radical (unpaired) electrons. The first-order valence-electron chi connectivity index (χ1n) is 13.7. The predicted molar refractivity (Wildman–Crippen MR) is 144 cm³/mol. The van der Waals surface area contributed by atoms with Crippen LogP contribution >= 0.6 is 0 Å². The minimum Gasteiger partial charge on any atom is -0.480 e. The zero-order valence-corrected chi connectivity index (χ0v) is 23.4. The van der Waals surface area contributed by atoms with Crippen LogP contribution in [0.2, 0.25) is 0 Å². The van der Waals surface area contributed by atoms with E-state index >= 15 is 0 Å². The van der Waals surface area contributed by atoms with E-state index in [1.165, 1.54) is 0 Å². The Labute approximate surface area is 237 Å². The van der Waals surface area contributed by atoms with E-state index in [9.17, 15) is 37.1 Å². The Morgan fingerprint density at radius 2 is 1.44 bits per heavy atom. The van der Waals surface area contributed by atoms with Crippen molar-refractivity contribution in [1.29, 1.82) is 0 Å². The van der Waals surface area contributed by atoms with Gasteiger partial charge in [0.2, 0.25) is 5.91 Å². The number of nitrogens with one attached hydrogen (secondary N) is 3. The van der Waals surface area contributed by atoms with E-state index in [0.29, 0.717) is 25.8 Å². The molecule has 0 heterocycles. The first-order chi connectivity index (χ1) is 19.4. The SMILES string of the molecule is CC.NCCCC[C@H](NC(=O)N[C@H](CC1CCCCC1)C(=O)NCc1cc(F)cc(F)c1)C(=O)O.O=C(O)C(F)F. The van der Waals surface area contributed by atoms with Crippen molar-refractivity contribution in [3.05, 3.63) is 35.4 Å². The van der Waals surface area contributed by atoms with Crippen LogP contribution in [0.25, 0.3) is 0 Å². The van der Waals surface area contributed by atoms with Crippen molar-refractivity contribution >= 4 is 23.9 Å². The summed E-state index contributed by atoms with van der Waals surface area (Å²) in [5.74, 6) is -4.97. The fraction of sp³-hybridized carbons (Fsp3) is 0.630. The quantitative estimate of drug-likeness (QED) is 0.147. The van der Waals surface area contributed by atoms with E-state index in [-0.39, 0.29) is 24.4 Å². The highest BCUT2D eigenvalue weighted by Gasteiger charge is 2.27. The summed E-state index contributed by atoms with van der Waals surface area (Å²) in [6.07, 6.45) is 3.71. The van der Waals surface area contributed by atoms with Crippen LogP contribution in [0.5, 0.6) is 0 Å². The van der Waals surface area contributed by atoms with Crippen molar-refractivity contribution < 1.29 is 47.0 Å². The summed E-state index contributed by atoms with van der Waals surface area (Å²) in [4.78, 5) is 45.8. The van der Waals surface area contributed by atoms with Crippen molar-refractivity contribution in [1.82, 2.24) is 16.0 Å². The van der Waals surface area contributed by atoms with Gasteiger partial charge in [0.1, 0.15) is 23.7 Å². The van der Waals surface area contributed by atoms with Gasteiger partial charge < -0.3 is 31.9 Å². The van der Waals surface area contributed by atoms with E-state index in [0.717, 1.165) is 50.3 Å². The van der Waals surface area contributed by atoms with Gasteiger partial charge in [0.25, 0.3) is 0 Å². The Bertz CT molecular complexity index is 928. The van der Waals surface area contributed by atoms with Gasteiger partial charge >= 0.3 is 24.4 Å². The molecular formula is C27H42F4N4O6. The molecule has 3 amide bonds. The summed E-state index contributed by atoms with van der Waals surface area (Å²) in [6, 6.07) is 0.255. The fourth-order valence-electron chi connectivity index (χ4n) is 4.12. The van der Waals surface area contributed by atoms with Crippen LogP contribution in [-0.4, -0.2) is 59.1 Å². The molecule has 0 unspecified atom stereocenters. The number of carboxylic acid groups (broad SMARTS) is 2. The number of hydrogen-bond donors (Lipinski definition) is 6. The molecule has 14 heteroatoms. The number of hydrogen-bond acceptors (Lipinski definition) is 5. The van der Waals surface area contributed by atoms with Crippen LogP contribution in [0.15, 0.2) is 18.2 Å². The van der Waals surface area contributed by atoms with E-state index in [1.54, 1.807) is 0 Å². The first kappa shape index (κ1) is 37.6. The van der Waals surface area contributed by atoms with Crippen LogP contribution in [-0.2, 0) is 20.9 Å². The van der Waals surface area contributed by atoms with Crippen LogP contribution in [0.4, 0.5) is 22.4 Å². The molecule has 0 spiro atoms. The molecule has 1 aliphatic carbocycles. The second kappa shape index (κ2) is 21.3. The Hall–Kier alpha value is -3.42. The van der Waals surface area contributed by atoms with Crippen molar-refractivity contribution in [3.8, 4) is 0 Å². The third-order valence-corrected chi connectivity index (χ3v) is 6.04. The number of carbonyl (C=O) groups excluding carboxylic acids is 2. The van der Waals surface area contributed by atoms with Crippen LogP contribution < -0.4 is 21.7 Å². The van der Waals surface area contributed by atoms with Gasteiger partial charge in [-0.05, 0) is 55.8 Å². The third kappa shape index (κ3) is 17.1. The number of carboxylic acids is 2. The van der Waals surface area contributed by atoms with E-state index < -0.39 is 54.0 Å². The number of nitrogens with two attached hydrogens (primary N) is 1. The lowest BCUT2D eigenvalue weighted by Gasteiger charge is -2.27. The molecule has 234 valence electrons. The standard InChI is InChI=1S/C23H34F2N4O4.C2H2F2O2.C2H6/c24-17-10-16(11-18(25)13-17)14-27-21(30)20(12-15-6-2-1-3-7-15)29-23(33)28-19(22(31)32)8-4-5-9-26;3-1(4)2(5)6;1-2/h10-11,13,15,19-20H,1-9,12,14,26H2,(H,27,30)(H,31,32)(H2,28,29,33);1H,(H,5,6);1-2H3/t19-,20+;;/m0../s1. The lowest BCUT2D eigenvalue weighted by molar-refractivity contribution is -0.149. The number of alkyl halides is 2. The largest absolute Gasteiger partial charge is 0.480 e. The maximum Gasteiger partial charge on any atom is 0.371 e. The average molecular weight is 595 g/mol. The summed E-state index contributed by atoms with van der Waals surface area (Å²) in [5.41, 5.74) is 5.69. The molecule has 1 aromatic carbocycles. The van der Waals surface area contributed by atoms with E-state index in [4.69, 9.17) is 15.6 Å². The third-order valence-electron chi connectivity index (χ3n) is 6.04. The Morgan fingerprint density at radius 1 is 0.902 bits per heavy atom. The Kier molecular flexibility index (Phi) is 19.6. The second-order valence-electron chi connectivity index (χ2n) is 9.22. The molecule has 41 heavy (non-hydrogen) atoms. The highest BCUT2D eigenvalue weighted by molar-refractivity contribution is 5.88. The number of urea groups is 1. The molecule has 1 saturated carbocycles. The molecule has 1 aliphatic rings. The molecule has 0 aliphatic heterocycles. The molecular weight excluding hydrogens is 552 g/mol. The van der Waals surface area contributed by atoms with Crippen LogP contribution in [0, 0.1) is 17.6 Å². The highest BCUT2D eigenvalue weighted by atomic mass is 19.3. The minimum atomic E-state index is -3.23. The van der Waals surface area contributed by atoms with Crippen molar-refractivity contribution in [2.45, 2.75) is 96.7 Å².